The third kappa shape index (κ3) is 5.17. The highest BCUT2D eigenvalue weighted by atomic mass is 35.5. The van der Waals surface area contributed by atoms with Crippen LogP contribution in [0.3, 0.4) is 0 Å². The SMILES string of the molecule is CC(C)=C(C)C.CC1(C)C(C)(C)C1(Cl)C(Cl)=C(Cl)Cl.ClC1=C(Cl)C1(Cl)Cl. The van der Waals surface area contributed by atoms with Gasteiger partial charge in [-0.2, -0.15) is 0 Å². The fourth-order valence-electron chi connectivity index (χ4n) is 2.11. The minimum absolute atomic E-state index is 0.0651. The predicted molar refractivity (Wildman–Crippen MR) is 124 cm³/mol. The van der Waals surface area contributed by atoms with Crippen LogP contribution in [0.4, 0.5) is 0 Å². The van der Waals surface area contributed by atoms with E-state index in [1.165, 1.54) is 11.1 Å². The topological polar surface area (TPSA) is 0 Å². The number of hydrogen-bond acceptors (Lipinski definition) is 0. The summed E-state index contributed by atoms with van der Waals surface area (Å²) in [6, 6.07) is 0. The van der Waals surface area contributed by atoms with Crippen molar-refractivity contribution in [3.05, 3.63) is 30.7 Å². The molecular formula is C18H24Cl8. The van der Waals surface area contributed by atoms with Crippen molar-refractivity contribution >= 4 is 92.8 Å². The van der Waals surface area contributed by atoms with E-state index in [2.05, 4.69) is 55.4 Å². The molecule has 0 aromatic rings. The number of rotatable bonds is 1. The van der Waals surface area contributed by atoms with Gasteiger partial charge in [0.1, 0.15) is 4.49 Å². The van der Waals surface area contributed by atoms with Crippen molar-refractivity contribution in [1.82, 2.24) is 0 Å². The van der Waals surface area contributed by atoms with E-state index in [0.29, 0.717) is 15.1 Å². The van der Waals surface area contributed by atoms with Crippen LogP contribution in [0.2, 0.25) is 0 Å². The Morgan fingerprint density at radius 2 is 0.885 bits per heavy atom. The van der Waals surface area contributed by atoms with Crippen LogP contribution in [0.15, 0.2) is 30.7 Å². The first-order chi connectivity index (χ1) is 11.3. The van der Waals surface area contributed by atoms with Crippen molar-refractivity contribution in [3.63, 3.8) is 0 Å². The molecule has 0 aromatic heterocycles. The fourth-order valence-corrected chi connectivity index (χ4v) is 4.38. The molecule has 1 saturated carbocycles. The van der Waals surface area contributed by atoms with Crippen molar-refractivity contribution in [1.29, 1.82) is 0 Å². The van der Waals surface area contributed by atoms with Gasteiger partial charge in [-0.25, -0.2) is 0 Å². The largest absolute Gasteiger partial charge is 0.191 e. The van der Waals surface area contributed by atoms with Crippen molar-refractivity contribution in [3.8, 4) is 0 Å². The molecule has 0 atom stereocenters. The monoisotopic (exact) mass is 520 g/mol. The maximum absolute atomic E-state index is 6.41. The summed E-state index contributed by atoms with van der Waals surface area (Å²) in [5, 5.41) is 1.04. The van der Waals surface area contributed by atoms with E-state index in [1.807, 2.05) is 0 Å². The summed E-state index contributed by atoms with van der Waals surface area (Å²) in [6.45, 7) is 16.7. The Hall–Kier alpha value is 1.54. The number of hydrogen-bond donors (Lipinski definition) is 0. The second-order valence-corrected chi connectivity index (χ2v) is 11.7. The Morgan fingerprint density at radius 1 is 0.654 bits per heavy atom. The van der Waals surface area contributed by atoms with E-state index in [0.717, 1.165) is 0 Å². The molecule has 152 valence electrons. The molecule has 0 unspecified atom stereocenters. The van der Waals surface area contributed by atoms with Crippen molar-refractivity contribution in [2.45, 2.75) is 64.6 Å². The van der Waals surface area contributed by atoms with Crippen LogP contribution < -0.4 is 0 Å². The molecule has 0 saturated heterocycles. The smallest absolute Gasteiger partial charge is 0.112 e. The van der Waals surface area contributed by atoms with Crippen LogP contribution >= 0.6 is 92.8 Å². The van der Waals surface area contributed by atoms with Crippen LogP contribution in [-0.4, -0.2) is 9.21 Å². The Kier molecular flexibility index (Phi) is 9.67. The van der Waals surface area contributed by atoms with Crippen LogP contribution in [-0.2, 0) is 0 Å². The third-order valence-corrected chi connectivity index (χ3v) is 9.83. The maximum atomic E-state index is 6.41. The quantitative estimate of drug-likeness (QED) is 0.237. The number of halogens is 8. The van der Waals surface area contributed by atoms with E-state index < -0.39 is 9.21 Å². The van der Waals surface area contributed by atoms with Gasteiger partial charge in [-0.05, 0) is 38.5 Å². The normalized spacial score (nSPS) is 22.2. The summed E-state index contributed by atoms with van der Waals surface area (Å²) in [6.07, 6.45) is 0. The zero-order chi connectivity index (χ0) is 21.5. The molecule has 8 heteroatoms. The average molecular weight is 524 g/mol. The van der Waals surface area contributed by atoms with Crippen LogP contribution in [0.5, 0.6) is 0 Å². The summed E-state index contributed by atoms with van der Waals surface area (Å²) in [7, 11) is 0. The van der Waals surface area contributed by atoms with Gasteiger partial charge in [0.15, 0.2) is 4.33 Å². The minimum Gasteiger partial charge on any atom is -0.112 e. The van der Waals surface area contributed by atoms with Gasteiger partial charge >= 0.3 is 0 Å². The van der Waals surface area contributed by atoms with E-state index in [-0.39, 0.29) is 15.3 Å². The third-order valence-electron chi connectivity index (χ3n) is 5.37. The zero-order valence-corrected chi connectivity index (χ0v) is 22.1. The summed E-state index contributed by atoms with van der Waals surface area (Å²) in [5.74, 6) is 0. The molecule has 0 amide bonds. The van der Waals surface area contributed by atoms with Crippen molar-refractivity contribution in [2.75, 3.05) is 0 Å². The molecule has 0 aromatic carbocycles. The molecule has 0 heterocycles. The van der Waals surface area contributed by atoms with Crippen LogP contribution in [0.25, 0.3) is 0 Å². The van der Waals surface area contributed by atoms with E-state index in [4.69, 9.17) is 92.8 Å². The molecule has 0 nitrogen and oxygen atoms in total. The highest BCUT2D eigenvalue weighted by molar-refractivity contribution is 6.69. The molecule has 0 spiro atoms. The predicted octanol–water partition coefficient (Wildman–Crippen LogP) is 10.1. The summed E-state index contributed by atoms with van der Waals surface area (Å²) in [4.78, 5) is -0.625. The second kappa shape index (κ2) is 9.13. The molecule has 26 heavy (non-hydrogen) atoms. The highest BCUT2D eigenvalue weighted by Gasteiger charge is 2.78. The lowest BCUT2D eigenvalue weighted by atomic mass is 10.0. The molecule has 2 aliphatic rings. The Balaban J connectivity index is 0.000000405. The first kappa shape index (κ1) is 27.5. The maximum Gasteiger partial charge on any atom is 0.191 e. The van der Waals surface area contributed by atoms with Gasteiger partial charge in [0.05, 0.1) is 20.0 Å². The van der Waals surface area contributed by atoms with Gasteiger partial charge in [-0.1, -0.05) is 120 Å². The van der Waals surface area contributed by atoms with Gasteiger partial charge in [0.2, 0.25) is 0 Å². The van der Waals surface area contributed by atoms with Gasteiger partial charge in [0, 0.05) is 0 Å². The minimum atomic E-state index is -1.02. The number of alkyl halides is 3. The molecule has 1 fully saturated rings. The summed E-state index contributed by atoms with van der Waals surface area (Å²) in [5.41, 5.74) is 2.67. The Morgan fingerprint density at radius 3 is 0.923 bits per heavy atom. The van der Waals surface area contributed by atoms with Gasteiger partial charge < -0.3 is 0 Å². The number of allylic oxidation sites excluding steroid dienone is 5. The fraction of sp³-hybridized carbons (Fsp3) is 0.667. The lowest BCUT2D eigenvalue weighted by Gasteiger charge is -2.11. The van der Waals surface area contributed by atoms with Gasteiger partial charge in [-0.3, -0.25) is 0 Å². The Labute approximate surface area is 197 Å². The Bertz CT molecular complexity index is 600. The van der Waals surface area contributed by atoms with E-state index in [9.17, 15) is 0 Å². The molecule has 2 aliphatic carbocycles. The molecule has 2 rings (SSSR count). The van der Waals surface area contributed by atoms with E-state index in [1.54, 1.807) is 0 Å². The molecule has 0 aliphatic heterocycles. The summed E-state index contributed by atoms with van der Waals surface area (Å²) >= 11 is 45.1. The zero-order valence-electron chi connectivity index (χ0n) is 16.0. The van der Waals surface area contributed by atoms with Gasteiger partial charge in [-0.15, -0.1) is 11.6 Å². The van der Waals surface area contributed by atoms with Crippen molar-refractivity contribution in [2.24, 2.45) is 10.8 Å². The first-order valence-electron chi connectivity index (χ1n) is 7.76. The molecule has 0 bridgehead atoms. The molecule has 0 N–H and O–H groups in total. The second-order valence-electron chi connectivity index (χ2n) is 7.69. The van der Waals surface area contributed by atoms with E-state index >= 15 is 0 Å². The molecular weight excluding hydrogens is 500 g/mol. The lowest BCUT2D eigenvalue weighted by molar-refractivity contribution is 0.457. The average Bonchev–Trinajstić information content (AvgIpc) is 3.07. The molecule has 0 radical (unpaired) electrons. The van der Waals surface area contributed by atoms with Crippen LogP contribution in [0.1, 0.15) is 55.4 Å². The van der Waals surface area contributed by atoms with Crippen LogP contribution in [0, 0.1) is 10.8 Å². The highest BCUT2D eigenvalue weighted by Crippen LogP contribution is 2.78. The van der Waals surface area contributed by atoms with Crippen molar-refractivity contribution < 1.29 is 0 Å². The first-order valence-corrected chi connectivity index (χ1v) is 10.8. The standard InChI is InChI=1S/C9H12Cl4.C6H12.C3Cl4/c1-7(2)8(3,4)9(7,13)5(10)6(11)12;1-5(2)6(3)4;4-1-2(5)3(1,6)7/h1-4H3;1-4H3;. The lowest BCUT2D eigenvalue weighted by Crippen LogP contribution is -2.10. The summed E-state index contributed by atoms with van der Waals surface area (Å²) < 4.78 is -0.960. The van der Waals surface area contributed by atoms with Gasteiger partial charge in [0.25, 0.3) is 0 Å².